The Morgan fingerprint density at radius 2 is 2.10 bits per heavy atom. The van der Waals surface area contributed by atoms with Gasteiger partial charge in [-0.2, -0.15) is 10.5 Å². The van der Waals surface area contributed by atoms with E-state index in [1.165, 1.54) is 6.33 Å². The fourth-order valence-electron chi connectivity index (χ4n) is 1.96. The molecule has 0 amide bonds. The fraction of sp³-hybridized carbons (Fsp3) is 0.267. The molecule has 106 valence electrons. The molecule has 0 saturated carbocycles. The van der Waals surface area contributed by atoms with Gasteiger partial charge in [0.25, 0.3) is 0 Å². The summed E-state index contributed by atoms with van der Waals surface area (Å²) in [5.74, 6) is 0. The number of benzene rings is 1. The molecule has 0 spiro atoms. The first kappa shape index (κ1) is 15.1. The number of rotatable bonds is 4. The molecular formula is C15H14ClN5. The van der Waals surface area contributed by atoms with Gasteiger partial charge in [0, 0.05) is 17.6 Å². The van der Waals surface area contributed by atoms with E-state index in [0.717, 1.165) is 11.3 Å². The van der Waals surface area contributed by atoms with Gasteiger partial charge in [0.05, 0.1) is 5.69 Å². The van der Waals surface area contributed by atoms with Crippen LogP contribution in [0.3, 0.4) is 0 Å². The molecule has 5 nitrogen and oxygen atoms in total. The standard InChI is InChI=1S/C15H14ClN5/c1-10(2)19-8-11-5-12(16)3-4-14(11)21-9-20-13(6-17)15(21)7-18/h3-5,9-10,19H,8H2,1-2H3. The van der Waals surface area contributed by atoms with Crippen LogP contribution in [0.2, 0.25) is 5.02 Å². The lowest BCUT2D eigenvalue weighted by Crippen LogP contribution is -2.22. The summed E-state index contributed by atoms with van der Waals surface area (Å²) in [5.41, 5.74) is 2.08. The van der Waals surface area contributed by atoms with Crippen molar-refractivity contribution in [2.75, 3.05) is 0 Å². The Bertz CT molecular complexity index is 733. The molecule has 1 N–H and O–H groups in total. The lowest BCUT2D eigenvalue weighted by molar-refractivity contribution is 0.587. The lowest BCUT2D eigenvalue weighted by atomic mass is 10.1. The topological polar surface area (TPSA) is 77.4 Å². The van der Waals surface area contributed by atoms with E-state index in [1.54, 1.807) is 10.6 Å². The summed E-state index contributed by atoms with van der Waals surface area (Å²) >= 11 is 6.06. The van der Waals surface area contributed by atoms with Crippen LogP contribution in [0.25, 0.3) is 5.69 Å². The molecule has 0 bridgehead atoms. The molecule has 0 aliphatic rings. The van der Waals surface area contributed by atoms with Gasteiger partial charge >= 0.3 is 0 Å². The number of aromatic nitrogens is 2. The maximum atomic E-state index is 9.24. The largest absolute Gasteiger partial charge is 0.310 e. The summed E-state index contributed by atoms with van der Waals surface area (Å²) in [5, 5.41) is 22.2. The van der Waals surface area contributed by atoms with Crippen LogP contribution in [-0.4, -0.2) is 15.6 Å². The van der Waals surface area contributed by atoms with Crippen LogP contribution in [0.4, 0.5) is 0 Å². The number of nitrogens with zero attached hydrogens (tertiary/aromatic N) is 4. The minimum atomic E-state index is 0.121. The Kier molecular flexibility index (Phi) is 4.59. The van der Waals surface area contributed by atoms with Crippen LogP contribution in [0, 0.1) is 22.7 Å². The van der Waals surface area contributed by atoms with Crippen LogP contribution in [0.1, 0.15) is 30.8 Å². The van der Waals surface area contributed by atoms with Gasteiger partial charge in [0.2, 0.25) is 0 Å². The van der Waals surface area contributed by atoms with Gasteiger partial charge in [0.1, 0.15) is 18.5 Å². The molecule has 1 aromatic heterocycles. The molecule has 0 saturated heterocycles. The average Bonchev–Trinajstić information content (AvgIpc) is 2.87. The zero-order valence-corrected chi connectivity index (χ0v) is 12.5. The number of nitriles is 2. The van der Waals surface area contributed by atoms with Crippen molar-refractivity contribution < 1.29 is 0 Å². The van der Waals surface area contributed by atoms with Crippen molar-refractivity contribution in [1.82, 2.24) is 14.9 Å². The van der Waals surface area contributed by atoms with E-state index in [4.69, 9.17) is 16.9 Å². The molecule has 0 unspecified atom stereocenters. The van der Waals surface area contributed by atoms with Crippen LogP contribution >= 0.6 is 11.6 Å². The maximum Gasteiger partial charge on any atom is 0.177 e. The minimum Gasteiger partial charge on any atom is -0.310 e. The molecule has 1 heterocycles. The highest BCUT2D eigenvalue weighted by Gasteiger charge is 2.14. The van der Waals surface area contributed by atoms with Crippen LogP contribution in [-0.2, 0) is 6.54 Å². The van der Waals surface area contributed by atoms with Crippen LogP contribution in [0.15, 0.2) is 24.5 Å². The normalized spacial score (nSPS) is 10.4. The first-order valence-electron chi connectivity index (χ1n) is 6.46. The lowest BCUT2D eigenvalue weighted by Gasteiger charge is -2.14. The van der Waals surface area contributed by atoms with E-state index in [2.05, 4.69) is 24.1 Å². The quantitative estimate of drug-likeness (QED) is 0.941. The van der Waals surface area contributed by atoms with Gasteiger partial charge in [-0.1, -0.05) is 25.4 Å². The van der Waals surface area contributed by atoms with Crippen molar-refractivity contribution in [2.24, 2.45) is 0 Å². The number of halogens is 1. The van der Waals surface area contributed by atoms with E-state index in [9.17, 15) is 5.26 Å². The van der Waals surface area contributed by atoms with E-state index in [0.29, 0.717) is 17.6 Å². The molecule has 0 aliphatic carbocycles. The van der Waals surface area contributed by atoms with Gasteiger partial charge < -0.3 is 5.32 Å². The highest BCUT2D eigenvalue weighted by Crippen LogP contribution is 2.22. The van der Waals surface area contributed by atoms with Gasteiger partial charge in [0.15, 0.2) is 11.4 Å². The SMILES string of the molecule is CC(C)NCc1cc(Cl)ccc1-n1cnc(C#N)c1C#N. The molecule has 0 aliphatic heterocycles. The summed E-state index contributed by atoms with van der Waals surface area (Å²) < 4.78 is 1.62. The molecule has 0 fully saturated rings. The van der Waals surface area contributed by atoms with Gasteiger partial charge in [-0.15, -0.1) is 0 Å². The van der Waals surface area contributed by atoms with Gasteiger partial charge in [-0.05, 0) is 23.8 Å². The smallest absolute Gasteiger partial charge is 0.177 e. The molecule has 6 heteroatoms. The molecule has 1 aromatic carbocycles. The van der Waals surface area contributed by atoms with Crippen molar-refractivity contribution in [3.8, 4) is 17.8 Å². The van der Waals surface area contributed by atoms with E-state index >= 15 is 0 Å². The molecule has 0 radical (unpaired) electrons. The second kappa shape index (κ2) is 6.41. The summed E-state index contributed by atoms with van der Waals surface area (Å²) in [7, 11) is 0. The Morgan fingerprint density at radius 1 is 1.33 bits per heavy atom. The number of hydrogen-bond donors (Lipinski definition) is 1. The second-order valence-corrected chi connectivity index (χ2v) is 5.28. The predicted molar refractivity (Wildman–Crippen MR) is 80.0 cm³/mol. The van der Waals surface area contributed by atoms with E-state index < -0.39 is 0 Å². The Morgan fingerprint density at radius 3 is 2.71 bits per heavy atom. The second-order valence-electron chi connectivity index (χ2n) is 4.84. The number of imidazole rings is 1. The summed E-state index contributed by atoms with van der Waals surface area (Å²) in [6, 6.07) is 9.69. The highest BCUT2D eigenvalue weighted by atomic mass is 35.5. The monoisotopic (exact) mass is 299 g/mol. The van der Waals surface area contributed by atoms with Crippen molar-refractivity contribution in [3.63, 3.8) is 0 Å². The molecule has 2 rings (SSSR count). The van der Waals surface area contributed by atoms with Gasteiger partial charge in [-0.25, -0.2) is 4.98 Å². The number of hydrogen-bond acceptors (Lipinski definition) is 4. The Balaban J connectivity index is 2.52. The third kappa shape index (κ3) is 3.22. The van der Waals surface area contributed by atoms with E-state index in [-0.39, 0.29) is 11.4 Å². The van der Waals surface area contributed by atoms with Crippen LogP contribution in [0.5, 0.6) is 0 Å². The zero-order valence-electron chi connectivity index (χ0n) is 11.8. The first-order chi connectivity index (χ1) is 10.1. The molecular weight excluding hydrogens is 286 g/mol. The first-order valence-corrected chi connectivity index (χ1v) is 6.84. The van der Waals surface area contributed by atoms with Crippen molar-refractivity contribution in [2.45, 2.75) is 26.4 Å². The Hall–Kier alpha value is -2.34. The molecule has 0 atom stereocenters. The van der Waals surface area contributed by atoms with Gasteiger partial charge in [-0.3, -0.25) is 4.57 Å². The summed E-state index contributed by atoms with van der Waals surface area (Å²) in [6.45, 7) is 4.71. The Labute approximate surface area is 128 Å². The summed E-state index contributed by atoms with van der Waals surface area (Å²) in [6.07, 6.45) is 1.49. The average molecular weight is 300 g/mol. The maximum absolute atomic E-state index is 9.24. The molecule has 2 aromatic rings. The van der Waals surface area contributed by atoms with Crippen molar-refractivity contribution >= 4 is 11.6 Å². The number of nitrogens with one attached hydrogen (secondary N) is 1. The fourth-order valence-corrected chi connectivity index (χ4v) is 2.16. The minimum absolute atomic E-state index is 0.121. The summed E-state index contributed by atoms with van der Waals surface area (Å²) in [4.78, 5) is 3.97. The van der Waals surface area contributed by atoms with Crippen molar-refractivity contribution in [3.05, 3.63) is 46.5 Å². The van der Waals surface area contributed by atoms with Crippen LogP contribution < -0.4 is 5.32 Å². The highest BCUT2D eigenvalue weighted by molar-refractivity contribution is 6.30. The molecule has 21 heavy (non-hydrogen) atoms. The zero-order chi connectivity index (χ0) is 15.4. The van der Waals surface area contributed by atoms with E-state index in [1.807, 2.05) is 24.3 Å². The third-order valence-electron chi connectivity index (χ3n) is 2.98. The predicted octanol–water partition coefficient (Wildman–Crippen LogP) is 2.77. The van der Waals surface area contributed by atoms with Crippen molar-refractivity contribution in [1.29, 1.82) is 10.5 Å². The third-order valence-corrected chi connectivity index (χ3v) is 3.22.